The van der Waals surface area contributed by atoms with Crippen LogP contribution in [0.15, 0.2) is 46.9 Å². The van der Waals surface area contributed by atoms with Gasteiger partial charge in [-0.1, -0.05) is 24.3 Å². The maximum Gasteiger partial charge on any atom is 0.287 e. The molecule has 26 heavy (non-hydrogen) atoms. The van der Waals surface area contributed by atoms with Gasteiger partial charge in [0.15, 0.2) is 17.3 Å². The summed E-state index contributed by atoms with van der Waals surface area (Å²) >= 11 is 1.67. The Bertz CT molecular complexity index is 950. The number of nitrogens with one attached hydrogen (secondary N) is 1. The highest BCUT2D eigenvalue weighted by atomic mass is 32.2. The molecule has 0 unspecified atom stereocenters. The number of rotatable bonds is 6. The van der Waals surface area contributed by atoms with E-state index in [2.05, 4.69) is 5.32 Å². The molecule has 0 spiro atoms. The van der Waals surface area contributed by atoms with E-state index in [-0.39, 0.29) is 12.7 Å². The van der Waals surface area contributed by atoms with Gasteiger partial charge in [-0.2, -0.15) is 11.8 Å². The molecule has 5 nitrogen and oxygen atoms in total. The normalized spacial score (nSPS) is 12.5. The number of ether oxygens (including phenoxy) is 2. The molecular formula is C20H19NO4S. The molecule has 1 aliphatic heterocycles. The minimum atomic E-state index is -0.175. The molecular weight excluding hydrogens is 350 g/mol. The Morgan fingerprint density at radius 2 is 2.00 bits per heavy atom. The van der Waals surface area contributed by atoms with Crippen LogP contribution < -0.4 is 14.8 Å². The summed E-state index contributed by atoms with van der Waals surface area (Å²) in [7, 11) is 0. The van der Waals surface area contributed by atoms with E-state index in [1.165, 1.54) is 0 Å². The molecule has 1 aromatic heterocycles. The van der Waals surface area contributed by atoms with Crippen LogP contribution in [-0.4, -0.2) is 25.5 Å². The van der Waals surface area contributed by atoms with E-state index >= 15 is 0 Å². The fourth-order valence-electron chi connectivity index (χ4n) is 3.07. The predicted molar refractivity (Wildman–Crippen MR) is 102 cm³/mol. The monoisotopic (exact) mass is 369 g/mol. The first kappa shape index (κ1) is 16.8. The van der Waals surface area contributed by atoms with E-state index < -0.39 is 0 Å². The van der Waals surface area contributed by atoms with Gasteiger partial charge in [-0.05, 0) is 36.4 Å². The molecule has 4 rings (SSSR count). The molecule has 0 fully saturated rings. The van der Waals surface area contributed by atoms with Crippen molar-refractivity contribution in [2.24, 2.45) is 0 Å². The third-order valence-corrected chi connectivity index (χ3v) is 4.91. The molecule has 2 heterocycles. The molecule has 2 aromatic carbocycles. The molecule has 0 bridgehead atoms. The van der Waals surface area contributed by atoms with Gasteiger partial charge in [0.05, 0.1) is 0 Å². The zero-order valence-corrected chi connectivity index (χ0v) is 15.2. The second kappa shape index (κ2) is 7.33. The van der Waals surface area contributed by atoms with Gasteiger partial charge in [-0.25, -0.2) is 0 Å². The zero-order valence-electron chi connectivity index (χ0n) is 14.4. The van der Waals surface area contributed by atoms with Crippen molar-refractivity contribution in [1.82, 2.24) is 5.32 Å². The lowest BCUT2D eigenvalue weighted by Crippen LogP contribution is -2.26. The van der Waals surface area contributed by atoms with Gasteiger partial charge in [-0.15, -0.1) is 0 Å². The van der Waals surface area contributed by atoms with Crippen LogP contribution in [0.4, 0.5) is 0 Å². The Labute approximate surface area is 155 Å². The van der Waals surface area contributed by atoms with Crippen molar-refractivity contribution in [1.29, 1.82) is 0 Å². The van der Waals surface area contributed by atoms with Crippen molar-refractivity contribution in [2.75, 3.05) is 19.6 Å². The smallest absolute Gasteiger partial charge is 0.287 e. The average molecular weight is 369 g/mol. The van der Waals surface area contributed by atoms with Crippen LogP contribution in [-0.2, 0) is 12.2 Å². The van der Waals surface area contributed by atoms with Gasteiger partial charge in [0.1, 0.15) is 5.58 Å². The molecule has 0 aliphatic carbocycles. The summed E-state index contributed by atoms with van der Waals surface area (Å²) in [4.78, 5) is 12.6. The van der Waals surface area contributed by atoms with Crippen molar-refractivity contribution in [3.63, 3.8) is 0 Å². The lowest BCUT2D eigenvalue weighted by atomic mass is 10.1. The summed E-state index contributed by atoms with van der Waals surface area (Å²) in [6.45, 7) is 0.786. The Morgan fingerprint density at radius 1 is 1.15 bits per heavy atom. The maximum atomic E-state index is 12.6. The van der Waals surface area contributed by atoms with E-state index in [4.69, 9.17) is 13.9 Å². The lowest BCUT2D eigenvalue weighted by molar-refractivity contribution is 0.0927. The van der Waals surface area contributed by atoms with Crippen molar-refractivity contribution in [3.05, 3.63) is 59.4 Å². The number of para-hydroxylation sites is 1. The van der Waals surface area contributed by atoms with Crippen molar-refractivity contribution in [2.45, 2.75) is 12.2 Å². The third-order valence-electron chi connectivity index (χ3n) is 4.33. The largest absolute Gasteiger partial charge is 0.454 e. The van der Waals surface area contributed by atoms with Crippen LogP contribution in [0.2, 0.25) is 0 Å². The highest BCUT2D eigenvalue weighted by molar-refractivity contribution is 7.97. The molecule has 134 valence electrons. The number of furan rings is 1. The van der Waals surface area contributed by atoms with Crippen LogP contribution in [0.5, 0.6) is 11.5 Å². The van der Waals surface area contributed by atoms with Crippen LogP contribution in [0.1, 0.15) is 21.7 Å². The summed E-state index contributed by atoms with van der Waals surface area (Å²) in [5.74, 6) is 2.49. The number of hydrogen-bond acceptors (Lipinski definition) is 5. The number of amides is 1. The van der Waals surface area contributed by atoms with Gasteiger partial charge in [0.2, 0.25) is 6.79 Å². The van der Waals surface area contributed by atoms with Gasteiger partial charge in [0.25, 0.3) is 5.91 Å². The van der Waals surface area contributed by atoms with Gasteiger partial charge in [0, 0.05) is 23.2 Å². The Morgan fingerprint density at radius 3 is 2.88 bits per heavy atom. The number of fused-ring (bicyclic) bond motifs is 2. The van der Waals surface area contributed by atoms with E-state index in [0.717, 1.165) is 39.3 Å². The van der Waals surface area contributed by atoms with Crippen LogP contribution >= 0.6 is 11.8 Å². The van der Waals surface area contributed by atoms with E-state index in [9.17, 15) is 4.79 Å². The number of carbonyl (C=O) groups is 1. The first-order valence-electron chi connectivity index (χ1n) is 8.42. The van der Waals surface area contributed by atoms with E-state index in [1.54, 1.807) is 11.8 Å². The average Bonchev–Trinajstić information content (AvgIpc) is 3.26. The first-order valence-corrected chi connectivity index (χ1v) is 9.81. The minimum absolute atomic E-state index is 0.175. The summed E-state index contributed by atoms with van der Waals surface area (Å²) < 4.78 is 16.5. The van der Waals surface area contributed by atoms with Crippen molar-refractivity contribution < 1.29 is 18.7 Å². The molecule has 0 saturated carbocycles. The second-order valence-electron chi connectivity index (χ2n) is 6.03. The highest BCUT2D eigenvalue weighted by Gasteiger charge is 2.20. The van der Waals surface area contributed by atoms with Gasteiger partial charge < -0.3 is 19.2 Å². The third kappa shape index (κ3) is 3.24. The highest BCUT2D eigenvalue weighted by Crippen LogP contribution is 2.32. The lowest BCUT2D eigenvalue weighted by Gasteiger charge is -2.06. The summed E-state index contributed by atoms with van der Waals surface area (Å²) in [6, 6.07) is 13.6. The fraction of sp³-hybridized carbons (Fsp3) is 0.250. The predicted octanol–water partition coefficient (Wildman–Crippen LogP) is 4.00. The summed E-state index contributed by atoms with van der Waals surface area (Å²) in [5.41, 5.74) is 2.79. The van der Waals surface area contributed by atoms with Crippen LogP contribution in [0, 0.1) is 0 Å². The zero-order chi connectivity index (χ0) is 17.9. The van der Waals surface area contributed by atoms with E-state index in [0.29, 0.717) is 18.7 Å². The molecule has 3 aromatic rings. The number of benzene rings is 2. The van der Waals surface area contributed by atoms with Crippen LogP contribution in [0.3, 0.4) is 0 Å². The number of thioether (sulfide) groups is 1. The Kier molecular flexibility index (Phi) is 4.75. The molecule has 0 saturated heterocycles. The van der Waals surface area contributed by atoms with Crippen molar-refractivity contribution in [3.8, 4) is 11.5 Å². The first-order chi connectivity index (χ1) is 12.8. The molecule has 0 radical (unpaired) electrons. The topological polar surface area (TPSA) is 60.7 Å². The standard InChI is InChI=1S/C20H19NO4S/c1-26-11-15-14-4-2-3-5-16(14)25-19(15)20(22)21-9-8-13-6-7-17-18(10-13)24-12-23-17/h2-7,10H,8-9,11-12H2,1H3,(H,21,22). The fourth-order valence-corrected chi connectivity index (χ4v) is 3.64. The van der Waals surface area contributed by atoms with E-state index in [1.807, 2.05) is 48.7 Å². The number of hydrogen-bond donors (Lipinski definition) is 1. The molecule has 1 aliphatic rings. The summed E-state index contributed by atoms with van der Waals surface area (Å²) in [5, 5.41) is 3.96. The van der Waals surface area contributed by atoms with Gasteiger partial charge >= 0.3 is 0 Å². The molecule has 6 heteroatoms. The SMILES string of the molecule is CSCc1c(C(=O)NCCc2ccc3c(c2)OCO3)oc2ccccc12. The Hall–Kier alpha value is -2.60. The maximum absolute atomic E-state index is 12.6. The molecule has 0 atom stereocenters. The molecule has 1 N–H and O–H groups in total. The van der Waals surface area contributed by atoms with Gasteiger partial charge in [-0.3, -0.25) is 4.79 Å². The van der Waals surface area contributed by atoms with Crippen molar-refractivity contribution >= 4 is 28.6 Å². The Balaban J connectivity index is 1.45. The quantitative estimate of drug-likeness (QED) is 0.712. The summed E-state index contributed by atoms with van der Waals surface area (Å²) in [6.07, 6.45) is 2.73. The minimum Gasteiger partial charge on any atom is -0.454 e. The van der Waals surface area contributed by atoms with Crippen LogP contribution in [0.25, 0.3) is 11.0 Å². The molecule has 1 amide bonds. The second-order valence-corrected chi connectivity index (χ2v) is 6.90. The number of carbonyl (C=O) groups excluding carboxylic acids is 1.